The Morgan fingerprint density at radius 1 is 1.28 bits per heavy atom. The van der Waals surface area contributed by atoms with E-state index in [9.17, 15) is 10.2 Å². The van der Waals surface area contributed by atoms with Crippen LogP contribution in [-0.4, -0.2) is 60.4 Å². The number of H-pyrrole nitrogens is 1. The van der Waals surface area contributed by atoms with Crippen molar-refractivity contribution in [2.75, 3.05) is 6.61 Å². The summed E-state index contributed by atoms with van der Waals surface area (Å²) in [6.07, 6.45) is -1.06. The summed E-state index contributed by atoms with van der Waals surface area (Å²) in [4.78, 5) is 8.04. The zero-order valence-corrected chi connectivity index (χ0v) is 9.26. The number of fused-ring (bicyclic) bond motifs is 1. The van der Waals surface area contributed by atoms with Gasteiger partial charge in [-0.15, -0.1) is 0 Å². The maximum Gasteiger partial charge on any atom is 0.158 e. The van der Waals surface area contributed by atoms with E-state index in [0.29, 0.717) is 16.7 Å². The van der Waals surface area contributed by atoms with E-state index in [0.717, 1.165) is 0 Å². The number of rotatable bonds is 2. The second-order valence-electron chi connectivity index (χ2n) is 4.15. The molecule has 0 spiro atoms. The Balaban J connectivity index is 2.02. The first-order valence-electron chi connectivity index (χ1n) is 5.49. The fraction of sp³-hybridized carbons (Fsp3) is 0.500. The molecule has 0 radical (unpaired) electrons. The summed E-state index contributed by atoms with van der Waals surface area (Å²) in [5.41, 5.74) is 0.967. The number of hydrogen-bond donors (Lipinski definition) is 4. The average Bonchev–Trinajstić information content (AvgIpc) is 2.96. The number of nitrogens with zero attached hydrogens (tertiary/aromatic N) is 3. The highest BCUT2D eigenvalue weighted by atomic mass is 16.6. The Morgan fingerprint density at radius 3 is 2.83 bits per heavy atom. The van der Waals surface area contributed by atoms with Crippen molar-refractivity contribution in [2.45, 2.75) is 24.4 Å². The van der Waals surface area contributed by atoms with Crippen LogP contribution in [0.3, 0.4) is 0 Å². The molecule has 1 saturated heterocycles. The highest BCUT2D eigenvalue weighted by molar-refractivity contribution is 5.76. The molecule has 3 heterocycles. The second kappa shape index (κ2) is 4.25. The normalized spacial score (nSPS) is 32.2. The molecule has 4 atom stereocenters. The Kier molecular flexibility index (Phi) is 2.71. The van der Waals surface area contributed by atoms with E-state index in [1.807, 2.05) is 0 Å². The summed E-state index contributed by atoms with van der Waals surface area (Å²) in [5, 5.41) is 35.8. The van der Waals surface area contributed by atoms with Crippen LogP contribution in [0.4, 0.5) is 0 Å². The Hall–Kier alpha value is -1.61. The van der Waals surface area contributed by atoms with Crippen LogP contribution in [-0.2, 0) is 4.74 Å². The first-order chi connectivity index (χ1) is 8.72. The van der Waals surface area contributed by atoms with Crippen molar-refractivity contribution in [3.8, 4) is 0 Å². The third-order valence-electron chi connectivity index (χ3n) is 3.09. The van der Waals surface area contributed by atoms with Crippen LogP contribution < -0.4 is 0 Å². The lowest BCUT2D eigenvalue weighted by atomic mass is 10.0. The molecule has 18 heavy (non-hydrogen) atoms. The summed E-state index contributed by atoms with van der Waals surface area (Å²) in [7, 11) is 0. The fourth-order valence-corrected chi connectivity index (χ4v) is 2.14. The highest BCUT2D eigenvalue weighted by Crippen LogP contribution is 2.34. The van der Waals surface area contributed by atoms with Crippen LogP contribution in [0.25, 0.3) is 11.0 Å². The molecule has 3 rings (SSSR count). The minimum atomic E-state index is -1.14. The molecule has 1 fully saturated rings. The van der Waals surface area contributed by atoms with Crippen molar-refractivity contribution in [3.63, 3.8) is 0 Å². The van der Waals surface area contributed by atoms with Gasteiger partial charge in [0.25, 0.3) is 0 Å². The van der Waals surface area contributed by atoms with Crippen molar-refractivity contribution in [1.29, 1.82) is 0 Å². The number of hydrogen-bond acceptors (Lipinski definition) is 7. The van der Waals surface area contributed by atoms with Gasteiger partial charge in [-0.05, 0) is 0 Å². The fourth-order valence-electron chi connectivity index (χ4n) is 2.14. The lowest BCUT2D eigenvalue weighted by molar-refractivity contribution is -0.0235. The molecule has 4 N–H and O–H groups in total. The molecule has 8 heteroatoms. The van der Waals surface area contributed by atoms with E-state index in [1.165, 1.54) is 12.5 Å². The van der Waals surface area contributed by atoms with Gasteiger partial charge >= 0.3 is 0 Å². The van der Waals surface area contributed by atoms with Crippen molar-refractivity contribution < 1.29 is 20.1 Å². The molecule has 0 amide bonds. The van der Waals surface area contributed by atoms with Crippen LogP contribution >= 0.6 is 0 Å². The van der Waals surface area contributed by atoms with Crippen LogP contribution in [0.2, 0.25) is 0 Å². The molecule has 1 aliphatic heterocycles. The largest absolute Gasteiger partial charge is 0.394 e. The van der Waals surface area contributed by atoms with E-state index in [4.69, 9.17) is 9.84 Å². The van der Waals surface area contributed by atoms with E-state index in [1.54, 1.807) is 0 Å². The van der Waals surface area contributed by atoms with Crippen molar-refractivity contribution in [1.82, 2.24) is 20.2 Å². The topological polar surface area (TPSA) is 124 Å². The monoisotopic (exact) mass is 252 g/mol. The SMILES string of the molecule is OC[C@H]1OC(c2ncnc3[nH]ncc23)[C@H](O)[C@@H]1O. The van der Waals surface area contributed by atoms with E-state index in [-0.39, 0.29) is 6.61 Å². The number of aliphatic hydroxyl groups is 3. The highest BCUT2D eigenvalue weighted by Gasteiger charge is 2.44. The number of ether oxygens (including phenoxy) is 1. The van der Waals surface area contributed by atoms with E-state index < -0.39 is 24.4 Å². The van der Waals surface area contributed by atoms with Gasteiger partial charge < -0.3 is 20.1 Å². The lowest BCUT2D eigenvalue weighted by Crippen LogP contribution is -2.32. The third kappa shape index (κ3) is 1.58. The number of aromatic amines is 1. The van der Waals surface area contributed by atoms with Crippen LogP contribution in [0.15, 0.2) is 12.5 Å². The van der Waals surface area contributed by atoms with Crippen LogP contribution in [0.1, 0.15) is 11.8 Å². The van der Waals surface area contributed by atoms with Crippen LogP contribution in [0.5, 0.6) is 0 Å². The van der Waals surface area contributed by atoms with Gasteiger partial charge in [-0.2, -0.15) is 5.10 Å². The van der Waals surface area contributed by atoms with Gasteiger partial charge in [0.2, 0.25) is 0 Å². The van der Waals surface area contributed by atoms with E-state index >= 15 is 0 Å². The molecule has 8 nitrogen and oxygen atoms in total. The number of nitrogens with one attached hydrogen (secondary N) is 1. The maximum absolute atomic E-state index is 9.93. The molecule has 0 bridgehead atoms. The predicted molar refractivity (Wildman–Crippen MR) is 58.4 cm³/mol. The predicted octanol–water partition coefficient (Wildman–Crippen LogP) is -1.49. The minimum absolute atomic E-state index is 0.367. The smallest absolute Gasteiger partial charge is 0.158 e. The van der Waals surface area contributed by atoms with Gasteiger partial charge in [-0.25, -0.2) is 9.97 Å². The zero-order valence-electron chi connectivity index (χ0n) is 9.26. The van der Waals surface area contributed by atoms with Crippen molar-refractivity contribution in [3.05, 3.63) is 18.2 Å². The maximum atomic E-state index is 9.93. The molecule has 1 unspecified atom stereocenters. The Bertz CT molecular complexity index is 560. The van der Waals surface area contributed by atoms with Gasteiger partial charge in [-0.3, -0.25) is 5.10 Å². The Morgan fingerprint density at radius 2 is 2.11 bits per heavy atom. The molecule has 2 aromatic heterocycles. The van der Waals surface area contributed by atoms with Gasteiger partial charge in [-0.1, -0.05) is 0 Å². The molecule has 2 aromatic rings. The summed E-state index contributed by atoms with van der Waals surface area (Å²) in [6, 6.07) is 0. The van der Waals surface area contributed by atoms with Crippen LogP contribution in [0, 0.1) is 0 Å². The first kappa shape index (κ1) is 11.5. The molecule has 0 saturated carbocycles. The Labute approximate surface area is 101 Å². The molecular weight excluding hydrogens is 240 g/mol. The van der Waals surface area contributed by atoms with Gasteiger partial charge in [0.05, 0.1) is 23.9 Å². The van der Waals surface area contributed by atoms with Crippen molar-refractivity contribution >= 4 is 11.0 Å². The number of aliphatic hydroxyl groups excluding tert-OH is 3. The summed E-state index contributed by atoms with van der Waals surface area (Å²) in [5.74, 6) is 0. The van der Waals surface area contributed by atoms with Gasteiger partial charge in [0, 0.05) is 0 Å². The quantitative estimate of drug-likeness (QED) is 0.513. The van der Waals surface area contributed by atoms with Gasteiger partial charge in [0.15, 0.2) is 5.65 Å². The molecule has 0 aliphatic carbocycles. The second-order valence-corrected chi connectivity index (χ2v) is 4.15. The van der Waals surface area contributed by atoms with E-state index in [2.05, 4.69) is 20.2 Å². The lowest BCUT2D eigenvalue weighted by Gasteiger charge is -2.14. The summed E-state index contributed by atoms with van der Waals surface area (Å²) in [6.45, 7) is -0.367. The third-order valence-corrected chi connectivity index (χ3v) is 3.09. The average molecular weight is 252 g/mol. The van der Waals surface area contributed by atoms with Crippen molar-refractivity contribution in [2.24, 2.45) is 0 Å². The summed E-state index contributed by atoms with van der Waals surface area (Å²) >= 11 is 0. The first-order valence-corrected chi connectivity index (χ1v) is 5.49. The standard InChI is InChI=1S/C10H12N4O4/c15-2-5-7(16)8(17)9(18-5)6-4-1-13-14-10(4)12-3-11-6/h1,3,5,7-9,15-17H,2H2,(H,11,12,13,14)/t5-,7-,8-,9?/m1/s1. The minimum Gasteiger partial charge on any atom is -0.394 e. The van der Waals surface area contributed by atoms with Gasteiger partial charge in [0.1, 0.15) is 30.7 Å². The zero-order chi connectivity index (χ0) is 12.7. The molecule has 96 valence electrons. The number of aromatic nitrogens is 4. The molecule has 0 aromatic carbocycles. The molecular formula is C10H12N4O4. The summed E-state index contributed by atoms with van der Waals surface area (Å²) < 4.78 is 5.42. The molecule has 1 aliphatic rings.